The molecule has 1 aromatic carbocycles. The summed E-state index contributed by atoms with van der Waals surface area (Å²) in [5, 5.41) is 2.73. The van der Waals surface area contributed by atoms with Crippen LogP contribution in [0.3, 0.4) is 0 Å². The van der Waals surface area contributed by atoms with E-state index in [2.05, 4.69) is 17.1 Å². The van der Waals surface area contributed by atoms with Gasteiger partial charge in [0, 0.05) is 37.1 Å². The highest BCUT2D eigenvalue weighted by atomic mass is 32.2. The summed E-state index contributed by atoms with van der Waals surface area (Å²) >= 11 is 1.95. The highest BCUT2D eigenvalue weighted by molar-refractivity contribution is 7.99. The monoisotopic (exact) mass is 297 g/mol. The Morgan fingerprint density at radius 2 is 2.40 bits per heavy atom. The predicted octanol–water partition coefficient (Wildman–Crippen LogP) is 2.17. The van der Waals surface area contributed by atoms with E-state index in [1.54, 1.807) is 0 Å². The third kappa shape index (κ3) is 4.11. The number of carbonyl (C=O) groups excluding carboxylic acids is 1. The molecule has 110 valence electrons. The first-order valence-electron chi connectivity index (χ1n) is 6.73. The zero-order valence-corrected chi connectivity index (χ0v) is 12.4. The predicted molar refractivity (Wildman–Crippen MR) is 82.4 cm³/mol. The number of benzene rings is 1. The van der Waals surface area contributed by atoms with Crippen LogP contribution in [0.5, 0.6) is 0 Å². The molecule has 1 amide bonds. The van der Waals surface area contributed by atoms with Crippen molar-refractivity contribution >= 4 is 29.0 Å². The largest absolute Gasteiger partial charge is 0.397 e. The van der Waals surface area contributed by atoms with Gasteiger partial charge in [-0.05, 0) is 25.1 Å². The van der Waals surface area contributed by atoms with Crippen LogP contribution in [0.15, 0.2) is 18.2 Å². The number of nitrogens with zero attached hydrogens (tertiary/aromatic N) is 1. The number of amides is 1. The van der Waals surface area contributed by atoms with E-state index >= 15 is 0 Å². The van der Waals surface area contributed by atoms with Crippen LogP contribution in [0.2, 0.25) is 0 Å². The molecule has 1 atom stereocenters. The molecule has 1 aliphatic rings. The minimum Gasteiger partial charge on any atom is -0.397 e. The van der Waals surface area contributed by atoms with Gasteiger partial charge in [0.2, 0.25) is 5.91 Å². The number of anilines is 2. The summed E-state index contributed by atoms with van der Waals surface area (Å²) < 4.78 is 12.9. The normalized spacial score (nSPS) is 19.8. The van der Waals surface area contributed by atoms with E-state index in [0.717, 1.165) is 24.6 Å². The zero-order chi connectivity index (χ0) is 14.5. The average molecular weight is 297 g/mol. The van der Waals surface area contributed by atoms with Crippen molar-refractivity contribution in [1.82, 2.24) is 4.90 Å². The molecular weight excluding hydrogens is 277 g/mol. The van der Waals surface area contributed by atoms with Crippen LogP contribution < -0.4 is 11.1 Å². The summed E-state index contributed by atoms with van der Waals surface area (Å²) in [6, 6.07) is 4.50. The van der Waals surface area contributed by atoms with Gasteiger partial charge in [0.1, 0.15) is 5.82 Å². The molecule has 2 rings (SSSR count). The standard InChI is InChI=1S/C14H20FN3OS/c1-10-9-20-7-6-18(10)5-4-14(19)17-13-3-2-11(15)8-12(13)16/h2-3,8,10H,4-7,9,16H2,1H3,(H,17,19). The average Bonchev–Trinajstić information content (AvgIpc) is 2.41. The van der Waals surface area contributed by atoms with Gasteiger partial charge in [0.15, 0.2) is 0 Å². The van der Waals surface area contributed by atoms with Gasteiger partial charge in [-0.2, -0.15) is 11.8 Å². The Hall–Kier alpha value is -1.27. The van der Waals surface area contributed by atoms with Crippen LogP contribution in [0.4, 0.5) is 15.8 Å². The Labute approximate surface area is 122 Å². The number of nitrogen functional groups attached to an aromatic ring is 1. The molecule has 1 unspecified atom stereocenters. The Kier molecular flexibility index (Phi) is 5.25. The molecule has 0 spiro atoms. The van der Waals surface area contributed by atoms with Gasteiger partial charge >= 0.3 is 0 Å². The number of nitrogens with one attached hydrogen (secondary N) is 1. The number of hydrogen-bond donors (Lipinski definition) is 2. The van der Waals surface area contributed by atoms with E-state index in [4.69, 9.17) is 5.73 Å². The van der Waals surface area contributed by atoms with Crippen LogP contribution in [-0.4, -0.2) is 41.4 Å². The molecule has 3 N–H and O–H groups in total. The second-order valence-electron chi connectivity index (χ2n) is 4.99. The van der Waals surface area contributed by atoms with Gasteiger partial charge in [-0.25, -0.2) is 4.39 Å². The van der Waals surface area contributed by atoms with Crippen molar-refractivity contribution in [2.75, 3.05) is 35.6 Å². The molecular formula is C14H20FN3OS. The van der Waals surface area contributed by atoms with Crippen LogP contribution in [-0.2, 0) is 4.79 Å². The number of halogens is 1. The van der Waals surface area contributed by atoms with Crippen LogP contribution >= 0.6 is 11.8 Å². The fourth-order valence-corrected chi connectivity index (χ4v) is 3.28. The quantitative estimate of drug-likeness (QED) is 0.836. The molecule has 20 heavy (non-hydrogen) atoms. The Bertz CT molecular complexity index is 483. The summed E-state index contributed by atoms with van der Waals surface area (Å²) in [5.74, 6) is 1.75. The van der Waals surface area contributed by atoms with E-state index in [1.165, 1.54) is 18.2 Å². The third-order valence-corrected chi connectivity index (χ3v) is 4.61. The second kappa shape index (κ2) is 6.95. The van der Waals surface area contributed by atoms with Crippen LogP contribution in [0.25, 0.3) is 0 Å². The smallest absolute Gasteiger partial charge is 0.225 e. The Morgan fingerprint density at radius 3 is 3.10 bits per heavy atom. The van der Waals surface area contributed by atoms with Crippen molar-refractivity contribution in [3.63, 3.8) is 0 Å². The summed E-state index contributed by atoms with van der Waals surface area (Å²) in [6.07, 6.45) is 0.422. The minimum absolute atomic E-state index is 0.0891. The Balaban J connectivity index is 1.83. The molecule has 0 radical (unpaired) electrons. The molecule has 4 nitrogen and oxygen atoms in total. The van der Waals surface area contributed by atoms with Gasteiger partial charge in [0.25, 0.3) is 0 Å². The minimum atomic E-state index is -0.403. The van der Waals surface area contributed by atoms with Gasteiger partial charge < -0.3 is 11.1 Å². The number of hydrogen-bond acceptors (Lipinski definition) is 4. The number of thioether (sulfide) groups is 1. The fourth-order valence-electron chi connectivity index (χ4n) is 2.20. The van der Waals surface area contributed by atoms with E-state index in [1.807, 2.05) is 11.8 Å². The highest BCUT2D eigenvalue weighted by Gasteiger charge is 2.19. The molecule has 0 bridgehead atoms. The van der Waals surface area contributed by atoms with Crippen molar-refractivity contribution in [2.45, 2.75) is 19.4 Å². The van der Waals surface area contributed by atoms with Crippen molar-refractivity contribution in [3.8, 4) is 0 Å². The van der Waals surface area contributed by atoms with E-state index in [-0.39, 0.29) is 11.6 Å². The lowest BCUT2D eigenvalue weighted by Gasteiger charge is -2.32. The number of nitrogens with two attached hydrogens (primary N) is 1. The maximum Gasteiger partial charge on any atom is 0.225 e. The molecule has 1 saturated heterocycles. The lowest BCUT2D eigenvalue weighted by molar-refractivity contribution is -0.116. The van der Waals surface area contributed by atoms with Gasteiger partial charge in [0.05, 0.1) is 11.4 Å². The number of carbonyl (C=O) groups is 1. The molecule has 0 saturated carbocycles. The lowest BCUT2D eigenvalue weighted by atomic mass is 10.2. The molecule has 0 aromatic heterocycles. The van der Waals surface area contributed by atoms with E-state index in [0.29, 0.717) is 18.2 Å². The first-order chi connectivity index (χ1) is 9.56. The van der Waals surface area contributed by atoms with Crippen LogP contribution in [0, 0.1) is 5.82 Å². The van der Waals surface area contributed by atoms with Gasteiger partial charge in [-0.3, -0.25) is 9.69 Å². The van der Waals surface area contributed by atoms with E-state index in [9.17, 15) is 9.18 Å². The van der Waals surface area contributed by atoms with Crippen LogP contribution in [0.1, 0.15) is 13.3 Å². The molecule has 1 aromatic rings. The van der Waals surface area contributed by atoms with E-state index < -0.39 is 5.82 Å². The summed E-state index contributed by atoms with van der Waals surface area (Å²) in [4.78, 5) is 14.2. The molecule has 0 aliphatic carbocycles. The van der Waals surface area contributed by atoms with Crippen molar-refractivity contribution in [3.05, 3.63) is 24.0 Å². The Morgan fingerprint density at radius 1 is 1.60 bits per heavy atom. The first kappa shape index (κ1) is 15.1. The lowest BCUT2D eigenvalue weighted by Crippen LogP contribution is -2.41. The second-order valence-corrected chi connectivity index (χ2v) is 6.14. The maximum absolute atomic E-state index is 12.9. The molecule has 6 heteroatoms. The van der Waals surface area contributed by atoms with Gasteiger partial charge in [-0.1, -0.05) is 0 Å². The molecule has 1 heterocycles. The molecule has 1 fully saturated rings. The topological polar surface area (TPSA) is 58.4 Å². The zero-order valence-electron chi connectivity index (χ0n) is 11.6. The van der Waals surface area contributed by atoms with Crippen molar-refractivity contribution in [1.29, 1.82) is 0 Å². The fraction of sp³-hybridized carbons (Fsp3) is 0.500. The summed E-state index contributed by atoms with van der Waals surface area (Å²) in [5.41, 5.74) is 6.38. The SMILES string of the molecule is CC1CSCCN1CCC(=O)Nc1ccc(F)cc1N. The maximum atomic E-state index is 12.9. The number of rotatable bonds is 4. The molecule has 1 aliphatic heterocycles. The highest BCUT2D eigenvalue weighted by Crippen LogP contribution is 2.20. The third-order valence-electron chi connectivity index (χ3n) is 3.42. The van der Waals surface area contributed by atoms with Crippen molar-refractivity contribution in [2.24, 2.45) is 0 Å². The summed E-state index contributed by atoms with van der Waals surface area (Å²) in [6.45, 7) is 3.95. The van der Waals surface area contributed by atoms with Crippen molar-refractivity contribution < 1.29 is 9.18 Å². The first-order valence-corrected chi connectivity index (χ1v) is 7.88. The van der Waals surface area contributed by atoms with Gasteiger partial charge in [-0.15, -0.1) is 0 Å². The summed E-state index contributed by atoms with van der Waals surface area (Å²) in [7, 11) is 0.